The molecule has 1 saturated carbocycles. The summed E-state index contributed by atoms with van der Waals surface area (Å²) in [6, 6.07) is 7.52. The van der Waals surface area contributed by atoms with Gasteiger partial charge in [-0.2, -0.15) is 0 Å². The van der Waals surface area contributed by atoms with Crippen LogP contribution < -0.4 is 5.73 Å². The van der Waals surface area contributed by atoms with E-state index in [0.717, 1.165) is 24.8 Å². The lowest BCUT2D eigenvalue weighted by Gasteiger charge is -2.18. The number of ether oxygens (including phenoxy) is 2. The first-order valence-corrected chi connectivity index (χ1v) is 6.35. The molecule has 0 amide bonds. The van der Waals surface area contributed by atoms with Gasteiger partial charge in [-0.3, -0.25) is 4.79 Å². The summed E-state index contributed by atoms with van der Waals surface area (Å²) in [6.45, 7) is 1.22. The third-order valence-corrected chi connectivity index (χ3v) is 3.77. The minimum atomic E-state index is -0.420. The Balaban J connectivity index is 1.73. The number of nitrogens with two attached hydrogens (primary N) is 1. The van der Waals surface area contributed by atoms with Crippen molar-refractivity contribution in [1.82, 2.24) is 0 Å². The van der Waals surface area contributed by atoms with Crippen molar-refractivity contribution in [1.29, 1.82) is 0 Å². The van der Waals surface area contributed by atoms with Crippen molar-refractivity contribution in [3.63, 3.8) is 0 Å². The lowest BCUT2D eigenvalue weighted by Crippen LogP contribution is -2.28. The topological polar surface area (TPSA) is 61.6 Å². The van der Waals surface area contributed by atoms with Gasteiger partial charge in [-0.05, 0) is 30.5 Å². The van der Waals surface area contributed by atoms with Gasteiger partial charge in [0, 0.05) is 12.1 Å². The van der Waals surface area contributed by atoms with E-state index in [9.17, 15) is 4.79 Å². The molecule has 1 aliphatic carbocycles. The third-order valence-electron chi connectivity index (χ3n) is 3.77. The van der Waals surface area contributed by atoms with Crippen LogP contribution in [-0.2, 0) is 19.7 Å². The smallest absolute Gasteiger partial charge is 0.316 e. The van der Waals surface area contributed by atoms with Gasteiger partial charge >= 0.3 is 5.97 Å². The van der Waals surface area contributed by atoms with Crippen molar-refractivity contribution in [3.8, 4) is 0 Å². The van der Waals surface area contributed by atoms with Gasteiger partial charge in [0.25, 0.3) is 0 Å². The largest absolute Gasteiger partial charge is 0.459 e. The maximum Gasteiger partial charge on any atom is 0.316 e. The van der Waals surface area contributed by atoms with E-state index in [1.807, 2.05) is 24.3 Å². The summed E-state index contributed by atoms with van der Waals surface area (Å²) in [5.74, 6) is -0.109. The molecule has 3 rings (SSSR count). The third kappa shape index (κ3) is 1.97. The summed E-state index contributed by atoms with van der Waals surface area (Å²) in [6.07, 6.45) is 2.47. The molecule has 2 fully saturated rings. The van der Waals surface area contributed by atoms with Crippen LogP contribution in [0.3, 0.4) is 0 Å². The van der Waals surface area contributed by atoms with Crippen LogP contribution in [0.5, 0.6) is 0 Å². The molecule has 1 unspecified atom stereocenters. The van der Waals surface area contributed by atoms with Gasteiger partial charge in [-0.25, -0.2) is 0 Å². The fraction of sp³-hybridized carbons (Fsp3) is 0.500. The van der Waals surface area contributed by atoms with E-state index in [-0.39, 0.29) is 12.1 Å². The van der Waals surface area contributed by atoms with E-state index in [0.29, 0.717) is 18.9 Å². The second-order valence-electron chi connectivity index (χ2n) is 5.10. The molecule has 0 aromatic heterocycles. The second-order valence-corrected chi connectivity index (χ2v) is 5.10. The minimum Gasteiger partial charge on any atom is -0.459 e. The van der Waals surface area contributed by atoms with Crippen LogP contribution in [0.2, 0.25) is 0 Å². The van der Waals surface area contributed by atoms with Gasteiger partial charge in [0.1, 0.15) is 6.10 Å². The molecular weight excluding hydrogens is 230 g/mol. The van der Waals surface area contributed by atoms with E-state index >= 15 is 0 Å². The Morgan fingerprint density at radius 1 is 1.33 bits per heavy atom. The molecule has 18 heavy (non-hydrogen) atoms. The number of nitrogen functional groups attached to an aromatic ring is 1. The number of esters is 1. The Bertz CT molecular complexity index is 445. The first-order valence-electron chi connectivity index (χ1n) is 6.35. The van der Waals surface area contributed by atoms with E-state index in [1.54, 1.807) is 0 Å². The zero-order valence-corrected chi connectivity index (χ0v) is 10.2. The molecular formula is C14H17NO3. The summed E-state index contributed by atoms with van der Waals surface area (Å²) in [5, 5.41) is 0. The molecule has 2 aliphatic rings. The van der Waals surface area contributed by atoms with Crippen molar-refractivity contribution < 1.29 is 14.3 Å². The highest BCUT2D eigenvalue weighted by molar-refractivity contribution is 5.86. The van der Waals surface area contributed by atoms with Crippen LogP contribution in [0.4, 0.5) is 5.69 Å². The van der Waals surface area contributed by atoms with Crippen molar-refractivity contribution >= 4 is 11.7 Å². The molecule has 1 heterocycles. The average Bonchev–Trinajstić information content (AvgIpc) is 3.03. The fourth-order valence-corrected chi connectivity index (χ4v) is 2.41. The molecule has 0 bridgehead atoms. The Labute approximate surface area is 106 Å². The SMILES string of the molecule is Nc1ccc(C2(C(=O)OC3CCOC3)CC2)cc1. The highest BCUT2D eigenvalue weighted by atomic mass is 16.6. The maximum absolute atomic E-state index is 12.3. The van der Waals surface area contributed by atoms with Crippen LogP contribution in [0.25, 0.3) is 0 Å². The summed E-state index contributed by atoms with van der Waals surface area (Å²) in [4.78, 5) is 12.3. The highest BCUT2D eigenvalue weighted by Gasteiger charge is 2.53. The minimum absolute atomic E-state index is 0.0660. The molecule has 4 nitrogen and oxygen atoms in total. The number of carbonyl (C=O) groups is 1. The molecule has 0 spiro atoms. The van der Waals surface area contributed by atoms with Gasteiger partial charge in [-0.1, -0.05) is 12.1 Å². The van der Waals surface area contributed by atoms with Gasteiger partial charge in [0.05, 0.1) is 18.6 Å². The van der Waals surface area contributed by atoms with Crippen LogP contribution in [-0.4, -0.2) is 25.3 Å². The van der Waals surface area contributed by atoms with E-state index in [2.05, 4.69) is 0 Å². The van der Waals surface area contributed by atoms with Crippen molar-refractivity contribution in [2.24, 2.45) is 0 Å². The summed E-state index contributed by atoms with van der Waals surface area (Å²) >= 11 is 0. The monoisotopic (exact) mass is 247 g/mol. The van der Waals surface area contributed by atoms with Crippen LogP contribution in [0, 0.1) is 0 Å². The first kappa shape index (κ1) is 11.5. The maximum atomic E-state index is 12.3. The molecule has 1 aliphatic heterocycles. The summed E-state index contributed by atoms with van der Waals surface area (Å²) in [7, 11) is 0. The molecule has 4 heteroatoms. The highest BCUT2D eigenvalue weighted by Crippen LogP contribution is 2.49. The molecule has 0 radical (unpaired) electrons. The second kappa shape index (κ2) is 4.28. The van der Waals surface area contributed by atoms with Crippen molar-refractivity contribution in [3.05, 3.63) is 29.8 Å². The Morgan fingerprint density at radius 2 is 2.06 bits per heavy atom. The predicted molar refractivity (Wildman–Crippen MR) is 67.1 cm³/mol. The Morgan fingerprint density at radius 3 is 2.61 bits per heavy atom. The number of rotatable bonds is 3. The average molecular weight is 247 g/mol. The molecule has 1 saturated heterocycles. The zero-order chi connectivity index (χ0) is 12.6. The lowest BCUT2D eigenvalue weighted by molar-refractivity contribution is -0.152. The van der Waals surface area contributed by atoms with Crippen LogP contribution in [0.15, 0.2) is 24.3 Å². The number of benzene rings is 1. The van der Waals surface area contributed by atoms with Crippen molar-refractivity contribution in [2.75, 3.05) is 18.9 Å². The Kier molecular flexibility index (Phi) is 2.74. The first-order chi connectivity index (χ1) is 8.71. The van der Waals surface area contributed by atoms with Crippen LogP contribution in [0.1, 0.15) is 24.8 Å². The molecule has 2 N–H and O–H groups in total. The fourth-order valence-electron chi connectivity index (χ4n) is 2.41. The summed E-state index contributed by atoms with van der Waals surface area (Å²) < 4.78 is 10.7. The van der Waals surface area contributed by atoms with Gasteiger partial charge in [0.15, 0.2) is 0 Å². The number of hydrogen-bond acceptors (Lipinski definition) is 4. The quantitative estimate of drug-likeness (QED) is 0.651. The van der Waals surface area contributed by atoms with E-state index in [1.165, 1.54) is 0 Å². The van der Waals surface area contributed by atoms with Crippen LogP contribution >= 0.6 is 0 Å². The molecule has 1 aromatic carbocycles. The number of anilines is 1. The van der Waals surface area contributed by atoms with Gasteiger partial charge < -0.3 is 15.2 Å². The van der Waals surface area contributed by atoms with Crippen molar-refractivity contribution in [2.45, 2.75) is 30.8 Å². The van der Waals surface area contributed by atoms with E-state index in [4.69, 9.17) is 15.2 Å². The van der Waals surface area contributed by atoms with Gasteiger partial charge in [-0.15, -0.1) is 0 Å². The lowest BCUT2D eigenvalue weighted by atomic mass is 9.96. The zero-order valence-electron chi connectivity index (χ0n) is 10.2. The Hall–Kier alpha value is -1.55. The van der Waals surface area contributed by atoms with Gasteiger partial charge in [0.2, 0.25) is 0 Å². The summed E-state index contributed by atoms with van der Waals surface area (Å²) in [5.41, 5.74) is 6.97. The standard InChI is InChI=1S/C14H17NO3/c15-11-3-1-10(2-4-11)14(6-7-14)13(16)18-12-5-8-17-9-12/h1-4,12H,5-9,15H2. The predicted octanol–water partition coefficient (Wildman–Crippen LogP) is 1.63. The van der Waals surface area contributed by atoms with E-state index < -0.39 is 5.41 Å². The normalized spacial score (nSPS) is 24.8. The molecule has 96 valence electrons. The molecule has 1 atom stereocenters. The number of hydrogen-bond donors (Lipinski definition) is 1. The number of carbonyl (C=O) groups excluding carboxylic acids is 1. The molecule has 1 aromatic rings.